The topological polar surface area (TPSA) is 63.3 Å². The lowest BCUT2D eigenvalue weighted by Crippen LogP contribution is -3.00. The predicted octanol–water partition coefficient (Wildman–Crippen LogP) is -2.64. The van der Waals surface area contributed by atoms with E-state index in [0.717, 1.165) is 11.0 Å². The number of rotatable bonds is 3. The van der Waals surface area contributed by atoms with Crippen molar-refractivity contribution in [2.24, 2.45) is 5.73 Å². The maximum Gasteiger partial charge on any atom is 0.463 e. The highest BCUT2D eigenvalue weighted by Gasteiger charge is 2.62. The molecule has 0 atom stereocenters. The molecule has 0 aromatic rings. The molecule has 112 valence electrons. The number of nitrogens with zero attached hydrogens (tertiary/aromatic N) is 1. The smallest absolute Gasteiger partial charge is 0.463 e. The average Bonchev–Trinajstić information content (AvgIpc) is 2.00. The van der Waals surface area contributed by atoms with Gasteiger partial charge < -0.3 is 27.7 Å². The lowest BCUT2D eigenvalue weighted by atomic mass is 10.3. The van der Waals surface area contributed by atoms with Gasteiger partial charge in [0.15, 0.2) is 0 Å². The van der Waals surface area contributed by atoms with Gasteiger partial charge in [-0.1, -0.05) is 0 Å². The Bertz CT molecular complexity index is 253. The van der Waals surface area contributed by atoms with Crippen LogP contribution in [0.5, 0.6) is 0 Å². The standard InChI is InChI=1S/C5H14NO.C3H2F5NO.ClH/c1-6(2,3)4-5-7;4-2(5,1(9)10)3(6,7)8;/h7H,4-5H2,1-3H3;(H2,9,10);1H/q+1;;/p-1. The van der Waals surface area contributed by atoms with E-state index in [1.807, 2.05) is 0 Å². The van der Waals surface area contributed by atoms with Crippen LogP contribution in [0.25, 0.3) is 0 Å². The third kappa shape index (κ3) is 9.37. The molecule has 0 aromatic carbocycles. The van der Waals surface area contributed by atoms with Gasteiger partial charge in [-0.15, -0.1) is 0 Å². The molecule has 0 fully saturated rings. The molecular formula is C8H16ClF5N2O2. The van der Waals surface area contributed by atoms with Gasteiger partial charge in [-0.05, 0) is 0 Å². The Morgan fingerprint density at radius 2 is 1.50 bits per heavy atom. The van der Waals surface area contributed by atoms with E-state index in [2.05, 4.69) is 26.9 Å². The average molecular weight is 303 g/mol. The number of aliphatic hydroxyl groups is 1. The molecule has 1 amide bonds. The number of nitrogens with two attached hydrogens (primary N) is 1. The number of hydrogen-bond acceptors (Lipinski definition) is 2. The summed E-state index contributed by atoms with van der Waals surface area (Å²) < 4.78 is 56.9. The van der Waals surface area contributed by atoms with Crippen LogP contribution in [0.15, 0.2) is 0 Å². The normalized spacial score (nSPS) is 12.1. The summed E-state index contributed by atoms with van der Waals surface area (Å²) in [6.45, 7) is 1.11. The van der Waals surface area contributed by atoms with Crippen LogP contribution < -0.4 is 18.1 Å². The van der Waals surface area contributed by atoms with E-state index in [4.69, 9.17) is 5.11 Å². The van der Waals surface area contributed by atoms with E-state index in [9.17, 15) is 26.7 Å². The van der Waals surface area contributed by atoms with Gasteiger partial charge >= 0.3 is 12.1 Å². The summed E-state index contributed by atoms with van der Waals surface area (Å²) in [6, 6.07) is 0. The molecule has 0 rings (SSSR count). The van der Waals surface area contributed by atoms with Crippen molar-refractivity contribution in [1.82, 2.24) is 0 Å². The van der Waals surface area contributed by atoms with Crippen LogP contribution in [-0.4, -0.2) is 61.9 Å². The second-order valence-electron chi connectivity index (χ2n) is 4.17. The zero-order valence-corrected chi connectivity index (χ0v) is 10.8. The third-order valence-corrected chi connectivity index (χ3v) is 1.44. The Balaban J connectivity index is -0.000000251. The first-order valence-corrected chi connectivity index (χ1v) is 4.41. The number of carbonyl (C=O) groups is 1. The van der Waals surface area contributed by atoms with E-state index in [1.165, 1.54) is 0 Å². The second-order valence-corrected chi connectivity index (χ2v) is 4.17. The van der Waals surface area contributed by atoms with E-state index in [0.29, 0.717) is 0 Å². The molecule has 0 aliphatic heterocycles. The quantitative estimate of drug-likeness (QED) is 0.442. The number of likely N-dealkylation sites (N-methyl/N-ethyl adjacent to an activating group) is 1. The Hall–Kier alpha value is -0.670. The molecule has 0 heterocycles. The number of primary amides is 1. The van der Waals surface area contributed by atoms with Gasteiger partial charge in [-0.2, -0.15) is 22.0 Å². The third-order valence-electron chi connectivity index (χ3n) is 1.44. The van der Waals surface area contributed by atoms with Crippen LogP contribution in [0.2, 0.25) is 0 Å². The van der Waals surface area contributed by atoms with E-state index < -0.39 is 18.0 Å². The fraction of sp³-hybridized carbons (Fsp3) is 0.875. The number of aliphatic hydroxyl groups excluding tert-OH is 1. The van der Waals surface area contributed by atoms with Gasteiger partial charge in [0.05, 0.1) is 27.7 Å². The first-order chi connectivity index (χ1) is 7.25. The maximum atomic E-state index is 11.5. The summed E-state index contributed by atoms with van der Waals surface area (Å²) in [5.74, 6) is -8.12. The molecule has 0 aromatic heterocycles. The Labute approximate surface area is 108 Å². The molecule has 0 unspecified atom stereocenters. The van der Waals surface area contributed by atoms with Gasteiger partial charge in [0.2, 0.25) is 0 Å². The lowest BCUT2D eigenvalue weighted by molar-refractivity contribution is -0.870. The summed E-state index contributed by atoms with van der Waals surface area (Å²) >= 11 is 0. The molecule has 0 saturated heterocycles. The molecule has 0 radical (unpaired) electrons. The number of halogens is 6. The Kier molecular flexibility index (Phi) is 9.62. The highest BCUT2D eigenvalue weighted by Crippen LogP contribution is 2.34. The molecule has 0 aliphatic rings. The number of carbonyl (C=O) groups excluding carboxylic acids is 1. The fourth-order valence-corrected chi connectivity index (χ4v) is 0.440. The molecule has 4 nitrogen and oxygen atoms in total. The number of quaternary nitrogens is 1. The number of hydrogen-bond donors (Lipinski definition) is 2. The zero-order chi connectivity index (χ0) is 14.5. The van der Waals surface area contributed by atoms with Crippen LogP contribution >= 0.6 is 0 Å². The van der Waals surface area contributed by atoms with Crippen molar-refractivity contribution in [2.75, 3.05) is 34.3 Å². The zero-order valence-electron chi connectivity index (χ0n) is 10.1. The SMILES string of the molecule is C[N+](C)(C)CCO.NC(=O)C(F)(F)C(F)(F)F.[Cl-]. The molecule has 0 bridgehead atoms. The van der Waals surface area contributed by atoms with Crippen molar-refractivity contribution in [2.45, 2.75) is 12.1 Å². The van der Waals surface area contributed by atoms with Crippen molar-refractivity contribution in [3.63, 3.8) is 0 Å². The van der Waals surface area contributed by atoms with Crippen molar-refractivity contribution >= 4 is 5.91 Å². The Morgan fingerprint density at radius 1 is 1.17 bits per heavy atom. The molecule has 0 spiro atoms. The van der Waals surface area contributed by atoms with Gasteiger partial charge in [0, 0.05) is 0 Å². The minimum atomic E-state index is -5.89. The van der Waals surface area contributed by atoms with Gasteiger partial charge in [-0.25, -0.2) is 0 Å². The summed E-state index contributed by atoms with van der Waals surface area (Å²) in [5.41, 5.74) is 3.75. The van der Waals surface area contributed by atoms with Gasteiger partial charge in [0.25, 0.3) is 5.91 Å². The largest absolute Gasteiger partial charge is 1.00 e. The number of amides is 1. The van der Waals surface area contributed by atoms with E-state index in [1.54, 1.807) is 0 Å². The van der Waals surface area contributed by atoms with E-state index in [-0.39, 0.29) is 19.0 Å². The van der Waals surface area contributed by atoms with Gasteiger partial charge in [-0.3, -0.25) is 4.79 Å². The van der Waals surface area contributed by atoms with Crippen LogP contribution in [0.1, 0.15) is 0 Å². The molecular weight excluding hydrogens is 287 g/mol. The van der Waals surface area contributed by atoms with Crippen LogP contribution in [0.3, 0.4) is 0 Å². The molecule has 3 N–H and O–H groups in total. The Morgan fingerprint density at radius 3 is 1.50 bits per heavy atom. The molecule has 18 heavy (non-hydrogen) atoms. The van der Waals surface area contributed by atoms with E-state index >= 15 is 0 Å². The molecule has 0 saturated carbocycles. The minimum Gasteiger partial charge on any atom is -1.00 e. The van der Waals surface area contributed by atoms with Crippen molar-refractivity contribution in [3.05, 3.63) is 0 Å². The first kappa shape index (κ1) is 22.5. The second kappa shape index (κ2) is 7.70. The van der Waals surface area contributed by atoms with Gasteiger partial charge in [0.1, 0.15) is 6.54 Å². The highest BCUT2D eigenvalue weighted by molar-refractivity contribution is 5.82. The maximum absolute atomic E-state index is 11.5. The summed E-state index contributed by atoms with van der Waals surface area (Å²) in [4.78, 5) is 9.42. The van der Waals surface area contributed by atoms with Crippen LogP contribution in [0, 0.1) is 0 Å². The summed E-state index contributed by atoms with van der Waals surface area (Å²) in [5, 5.41) is 8.39. The molecule has 0 aliphatic carbocycles. The number of alkyl halides is 5. The summed E-state index contributed by atoms with van der Waals surface area (Å²) in [7, 11) is 6.16. The van der Waals surface area contributed by atoms with Crippen LogP contribution in [0.4, 0.5) is 22.0 Å². The highest BCUT2D eigenvalue weighted by atomic mass is 35.5. The molecule has 10 heteroatoms. The summed E-state index contributed by atoms with van der Waals surface area (Å²) in [6.07, 6.45) is -5.89. The van der Waals surface area contributed by atoms with Crippen molar-refractivity contribution in [3.8, 4) is 0 Å². The first-order valence-electron chi connectivity index (χ1n) is 4.41. The van der Waals surface area contributed by atoms with Crippen molar-refractivity contribution in [1.29, 1.82) is 0 Å². The van der Waals surface area contributed by atoms with Crippen LogP contribution in [-0.2, 0) is 4.79 Å². The minimum absolute atomic E-state index is 0. The fourth-order valence-electron chi connectivity index (χ4n) is 0.440. The lowest BCUT2D eigenvalue weighted by Gasteiger charge is -2.21. The predicted molar refractivity (Wildman–Crippen MR) is 50.2 cm³/mol. The van der Waals surface area contributed by atoms with Crippen molar-refractivity contribution < 1.29 is 48.7 Å². The monoisotopic (exact) mass is 302 g/mol.